The van der Waals surface area contributed by atoms with Crippen molar-refractivity contribution in [1.82, 2.24) is 5.32 Å². The zero-order valence-corrected chi connectivity index (χ0v) is 15.3. The number of amides is 1. The third-order valence-electron chi connectivity index (χ3n) is 3.27. The van der Waals surface area contributed by atoms with E-state index in [1.54, 1.807) is 36.4 Å². The number of ether oxygens (including phenoxy) is 1. The lowest BCUT2D eigenvalue weighted by molar-refractivity contribution is 0.0696. The molecule has 7 heteroatoms. The highest BCUT2D eigenvalue weighted by Gasteiger charge is 2.10. The second-order valence-electron chi connectivity index (χ2n) is 6.03. The van der Waals surface area contributed by atoms with Crippen LogP contribution in [0.25, 0.3) is 0 Å². The van der Waals surface area contributed by atoms with Crippen molar-refractivity contribution in [2.45, 2.75) is 13.8 Å². The average Bonchev–Trinajstić information content (AvgIpc) is 2.60. The smallest absolute Gasteiger partial charge is 0.335 e. The van der Waals surface area contributed by atoms with Gasteiger partial charge in [-0.05, 0) is 54.5 Å². The molecule has 0 fully saturated rings. The van der Waals surface area contributed by atoms with Crippen molar-refractivity contribution in [3.63, 3.8) is 0 Å². The molecule has 0 aliphatic heterocycles. The van der Waals surface area contributed by atoms with Gasteiger partial charge in [0.25, 0.3) is 5.91 Å². The average molecular weight is 372 g/mol. The van der Waals surface area contributed by atoms with Crippen LogP contribution in [0.4, 0.5) is 5.69 Å². The lowest BCUT2D eigenvalue weighted by atomic mass is 10.2. The molecule has 0 radical (unpaired) electrons. The second kappa shape index (κ2) is 8.96. The van der Waals surface area contributed by atoms with Crippen molar-refractivity contribution >= 4 is 34.9 Å². The topological polar surface area (TPSA) is 87.7 Å². The van der Waals surface area contributed by atoms with Gasteiger partial charge in [-0.3, -0.25) is 10.1 Å². The lowest BCUT2D eigenvalue weighted by Gasteiger charge is -2.12. The normalized spacial score (nSPS) is 10.3. The summed E-state index contributed by atoms with van der Waals surface area (Å²) in [4.78, 5) is 23.3. The Hall–Kier alpha value is -2.93. The summed E-state index contributed by atoms with van der Waals surface area (Å²) in [6, 6.07) is 13.0. The van der Waals surface area contributed by atoms with Gasteiger partial charge < -0.3 is 15.2 Å². The maximum Gasteiger partial charge on any atom is 0.335 e. The number of hydrogen-bond acceptors (Lipinski definition) is 4. The number of nitrogens with one attached hydrogen (secondary N) is 2. The Balaban J connectivity index is 1.98. The maximum atomic E-state index is 12.3. The number of carbonyl (C=O) groups is 2. The van der Waals surface area contributed by atoms with Crippen molar-refractivity contribution in [1.29, 1.82) is 0 Å². The van der Waals surface area contributed by atoms with E-state index in [1.807, 2.05) is 13.8 Å². The summed E-state index contributed by atoms with van der Waals surface area (Å²) in [7, 11) is 0. The molecule has 0 bridgehead atoms. The fraction of sp³-hybridized carbons (Fsp3) is 0.211. The molecule has 3 N–H and O–H groups in total. The Morgan fingerprint density at radius 3 is 2.50 bits per heavy atom. The van der Waals surface area contributed by atoms with E-state index in [2.05, 4.69) is 10.6 Å². The predicted octanol–water partition coefficient (Wildman–Crippen LogP) is 3.55. The molecular formula is C19H20N2O4S. The quantitative estimate of drug-likeness (QED) is 0.672. The molecular weight excluding hydrogens is 352 g/mol. The molecule has 0 heterocycles. The first-order valence-corrected chi connectivity index (χ1v) is 8.44. The van der Waals surface area contributed by atoms with Crippen molar-refractivity contribution < 1.29 is 19.4 Å². The largest absolute Gasteiger partial charge is 0.493 e. The van der Waals surface area contributed by atoms with Gasteiger partial charge in [0.2, 0.25) is 0 Å². The molecule has 0 aromatic heterocycles. The van der Waals surface area contributed by atoms with Gasteiger partial charge in [0.05, 0.1) is 12.2 Å². The standard InChI is InChI=1S/C19H20N2O4S/c1-12(2)11-25-16-8-4-5-13(10-16)17(22)21-19(26)20-15-7-3-6-14(9-15)18(23)24/h3-10,12H,11H2,1-2H3,(H,23,24)(H2,20,21,22,26). The fourth-order valence-electron chi connectivity index (χ4n) is 2.06. The van der Waals surface area contributed by atoms with E-state index in [4.69, 9.17) is 22.1 Å². The van der Waals surface area contributed by atoms with Gasteiger partial charge in [-0.2, -0.15) is 0 Å². The van der Waals surface area contributed by atoms with E-state index in [-0.39, 0.29) is 16.6 Å². The molecule has 0 unspecified atom stereocenters. The van der Waals surface area contributed by atoms with Crippen LogP contribution >= 0.6 is 12.2 Å². The minimum Gasteiger partial charge on any atom is -0.493 e. The third kappa shape index (κ3) is 5.86. The zero-order valence-electron chi connectivity index (χ0n) is 14.5. The molecule has 0 saturated carbocycles. The van der Waals surface area contributed by atoms with Crippen LogP contribution in [0, 0.1) is 5.92 Å². The Bertz CT molecular complexity index is 821. The minimum atomic E-state index is -1.04. The third-order valence-corrected chi connectivity index (χ3v) is 3.48. The molecule has 0 atom stereocenters. The Labute approximate surface area is 157 Å². The number of thiocarbonyl (C=S) groups is 1. The summed E-state index contributed by atoms with van der Waals surface area (Å²) in [6.07, 6.45) is 0. The lowest BCUT2D eigenvalue weighted by Crippen LogP contribution is -2.34. The van der Waals surface area contributed by atoms with Crippen LogP contribution in [0.15, 0.2) is 48.5 Å². The molecule has 2 rings (SSSR count). The van der Waals surface area contributed by atoms with Crippen molar-refractivity contribution in [2.75, 3.05) is 11.9 Å². The van der Waals surface area contributed by atoms with Gasteiger partial charge in [-0.15, -0.1) is 0 Å². The Morgan fingerprint density at radius 2 is 1.81 bits per heavy atom. The van der Waals surface area contributed by atoms with Crippen molar-refractivity contribution in [3.8, 4) is 5.75 Å². The minimum absolute atomic E-state index is 0.0750. The van der Waals surface area contributed by atoms with Crippen LogP contribution in [-0.2, 0) is 0 Å². The van der Waals surface area contributed by atoms with Gasteiger partial charge in [0.1, 0.15) is 5.75 Å². The Kier molecular flexibility index (Phi) is 6.68. The highest BCUT2D eigenvalue weighted by Crippen LogP contribution is 2.15. The van der Waals surface area contributed by atoms with Gasteiger partial charge in [-0.1, -0.05) is 26.0 Å². The molecule has 0 aliphatic rings. The molecule has 0 spiro atoms. The number of carbonyl (C=O) groups excluding carboxylic acids is 1. The number of aromatic carboxylic acids is 1. The number of carboxylic acids is 1. The molecule has 26 heavy (non-hydrogen) atoms. The van der Waals surface area contributed by atoms with Crippen LogP contribution in [0.5, 0.6) is 5.75 Å². The van der Waals surface area contributed by atoms with Crippen LogP contribution in [-0.4, -0.2) is 28.7 Å². The number of anilines is 1. The zero-order chi connectivity index (χ0) is 19.1. The highest BCUT2D eigenvalue weighted by atomic mass is 32.1. The monoisotopic (exact) mass is 372 g/mol. The molecule has 0 saturated heterocycles. The summed E-state index contributed by atoms with van der Waals surface area (Å²) in [5.41, 5.74) is 1.01. The molecule has 0 aliphatic carbocycles. The molecule has 136 valence electrons. The first-order valence-electron chi connectivity index (χ1n) is 8.03. The van der Waals surface area contributed by atoms with Crippen LogP contribution in [0.2, 0.25) is 0 Å². The van der Waals surface area contributed by atoms with Crippen molar-refractivity contribution in [3.05, 3.63) is 59.7 Å². The molecule has 6 nitrogen and oxygen atoms in total. The van der Waals surface area contributed by atoms with Gasteiger partial charge in [0, 0.05) is 11.3 Å². The molecule has 2 aromatic rings. The number of hydrogen-bond donors (Lipinski definition) is 3. The van der Waals surface area contributed by atoms with E-state index in [0.29, 0.717) is 29.5 Å². The van der Waals surface area contributed by atoms with E-state index >= 15 is 0 Å². The summed E-state index contributed by atoms with van der Waals surface area (Å²) in [5, 5.41) is 14.4. The van der Waals surface area contributed by atoms with Crippen molar-refractivity contribution in [2.24, 2.45) is 5.92 Å². The predicted molar refractivity (Wildman–Crippen MR) is 104 cm³/mol. The van der Waals surface area contributed by atoms with E-state index < -0.39 is 5.97 Å². The van der Waals surface area contributed by atoms with Crippen LogP contribution in [0.1, 0.15) is 34.6 Å². The molecule has 1 amide bonds. The SMILES string of the molecule is CC(C)COc1cccc(C(=O)NC(=S)Nc2cccc(C(=O)O)c2)c1. The van der Waals surface area contributed by atoms with Gasteiger partial charge in [-0.25, -0.2) is 4.79 Å². The van der Waals surface area contributed by atoms with E-state index in [1.165, 1.54) is 12.1 Å². The Morgan fingerprint density at radius 1 is 1.12 bits per heavy atom. The summed E-state index contributed by atoms with van der Waals surface area (Å²) >= 11 is 5.12. The maximum absolute atomic E-state index is 12.3. The summed E-state index contributed by atoms with van der Waals surface area (Å²) in [5.74, 6) is -0.432. The van der Waals surface area contributed by atoms with Gasteiger partial charge in [0.15, 0.2) is 5.11 Å². The first kappa shape index (κ1) is 19.4. The molecule has 2 aromatic carbocycles. The van der Waals surface area contributed by atoms with E-state index in [9.17, 15) is 9.59 Å². The van der Waals surface area contributed by atoms with E-state index in [0.717, 1.165) is 0 Å². The van der Waals surface area contributed by atoms with Crippen LogP contribution in [0.3, 0.4) is 0 Å². The summed E-state index contributed by atoms with van der Waals surface area (Å²) in [6.45, 7) is 4.64. The van der Waals surface area contributed by atoms with Crippen LogP contribution < -0.4 is 15.4 Å². The fourth-order valence-corrected chi connectivity index (χ4v) is 2.27. The first-order chi connectivity index (χ1) is 12.3. The number of rotatable bonds is 6. The number of carboxylic acid groups (broad SMARTS) is 1. The summed E-state index contributed by atoms with van der Waals surface area (Å²) < 4.78 is 5.61. The highest BCUT2D eigenvalue weighted by molar-refractivity contribution is 7.80. The number of benzene rings is 2. The van der Waals surface area contributed by atoms with Gasteiger partial charge >= 0.3 is 5.97 Å². The second-order valence-corrected chi connectivity index (χ2v) is 6.44.